The standard InChI is InChI=1S/C24H24N4O3S/c1-28(17-23(29)25-15-14-18-8-4-2-5-9-18)32(30,31)20-12-13-21-22(16-20)27-24(26-21)19-10-6-3-7-11-19/h2-13,16H,14-15,17H2,1H3,(H,25,29)(H,26,27). The molecule has 4 aromatic rings. The second-order valence-corrected chi connectivity index (χ2v) is 9.52. The van der Waals surface area contributed by atoms with Gasteiger partial charge in [-0.05, 0) is 30.2 Å². The first-order chi connectivity index (χ1) is 15.4. The van der Waals surface area contributed by atoms with E-state index in [1.54, 1.807) is 12.1 Å². The van der Waals surface area contributed by atoms with E-state index in [1.165, 1.54) is 13.1 Å². The maximum Gasteiger partial charge on any atom is 0.243 e. The number of hydrogen-bond donors (Lipinski definition) is 2. The molecule has 1 aromatic heterocycles. The topological polar surface area (TPSA) is 95.2 Å². The number of nitrogens with one attached hydrogen (secondary N) is 2. The minimum Gasteiger partial charge on any atom is -0.355 e. The summed E-state index contributed by atoms with van der Waals surface area (Å²) in [4.78, 5) is 20.1. The summed E-state index contributed by atoms with van der Waals surface area (Å²) < 4.78 is 27.0. The minimum atomic E-state index is -3.83. The molecule has 4 rings (SSSR count). The predicted octanol–water partition coefficient (Wildman–Crippen LogP) is 3.21. The van der Waals surface area contributed by atoms with E-state index in [0.717, 1.165) is 15.4 Å². The summed E-state index contributed by atoms with van der Waals surface area (Å²) in [5, 5.41) is 2.78. The van der Waals surface area contributed by atoms with Gasteiger partial charge in [-0.25, -0.2) is 13.4 Å². The van der Waals surface area contributed by atoms with Crippen LogP contribution in [-0.4, -0.2) is 48.7 Å². The van der Waals surface area contributed by atoms with Gasteiger partial charge in [0.25, 0.3) is 0 Å². The van der Waals surface area contributed by atoms with Crippen molar-refractivity contribution in [3.63, 3.8) is 0 Å². The number of aromatic amines is 1. The molecule has 2 N–H and O–H groups in total. The van der Waals surface area contributed by atoms with Crippen molar-refractivity contribution < 1.29 is 13.2 Å². The van der Waals surface area contributed by atoms with Crippen molar-refractivity contribution in [3.05, 3.63) is 84.4 Å². The Morgan fingerprint density at radius 3 is 2.41 bits per heavy atom. The molecule has 8 heteroatoms. The van der Waals surface area contributed by atoms with Crippen LogP contribution >= 0.6 is 0 Å². The Morgan fingerprint density at radius 2 is 1.69 bits per heavy atom. The van der Waals surface area contributed by atoms with Crippen LogP contribution in [0.15, 0.2) is 83.8 Å². The molecule has 0 spiro atoms. The molecule has 0 atom stereocenters. The van der Waals surface area contributed by atoms with Crippen LogP contribution in [0.5, 0.6) is 0 Å². The monoisotopic (exact) mass is 448 g/mol. The maximum absolute atomic E-state index is 13.0. The second kappa shape index (κ2) is 9.33. The van der Waals surface area contributed by atoms with E-state index >= 15 is 0 Å². The number of H-pyrrole nitrogens is 1. The van der Waals surface area contributed by atoms with Gasteiger partial charge in [0.15, 0.2) is 0 Å². The lowest BCUT2D eigenvalue weighted by Gasteiger charge is -2.17. The van der Waals surface area contributed by atoms with Gasteiger partial charge in [0.1, 0.15) is 5.82 Å². The first kappa shape index (κ1) is 21.7. The SMILES string of the molecule is CN(CC(=O)NCCc1ccccc1)S(=O)(=O)c1ccc2nc(-c3ccccc3)[nH]c2c1. The van der Waals surface area contributed by atoms with Gasteiger partial charge < -0.3 is 10.3 Å². The molecule has 1 amide bonds. The van der Waals surface area contributed by atoms with E-state index in [0.29, 0.717) is 29.8 Å². The molecule has 1 heterocycles. The molecule has 0 aliphatic carbocycles. The van der Waals surface area contributed by atoms with Crippen LogP contribution in [0.3, 0.4) is 0 Å². The number of aromatic nitrogens is 2. The average molecular weight is 449 g/mol. The van der Waals surface area contributed by atoms with Crippen LogP contribution in [0.2, 0.25) is 0 Å². The summed E-state index contributed by atoms with van der Waals surface area (Å²) in [7, 11) is -2.43. The normalized spacial score (nSPS) is 11.7. The zero-order valence-corrected chi connectivity index (χ0v) is 18.5. The van der Waals surface area contributed by atoms with Gasteiger partial charge in [0.2, 0.25) is 15.9 Å². The zero-order valence-electron chi connectivity index (χ0n) is 17.7. The molecule has 0 aliphatic heterocycles. The van der Waals surface area contributed by atoms with Crippen molar-refractivity contribution >= 4 is 27.0 Å². The van der Waals surface area contributed by atoms with Crippen LogP contribution < -0.4 is 5.32 Å². The number of carbonyl (C=O) groups is 1. The number of nitrogens with zero attached hydrogens (tertiary/aromatic N) is 2. The van der Waals surface area contributed by atoms with E-state index < -0.39 is 10.0 Å². The van der Waals surface area contributed by atoms with Crippen LogP contribution in [0.4, 0.5) is 0 Å². The summed E-state index contributed by atoms with van der Waals surface area (Å²) in [6.07, 6.45) is 0.684. The Bertz CT molecular complexity index is 1320. The fraction of sp³-hybridized carbons (Fsp3) is 0.167. The Balaban J connectivity index is 1.43. The summed E-state index contributed by atoms with van der Waals surface area (Å²) in [5.74, 6) is 0.322. The van der Waals surface area contributed by atoms with Gasteiger partial charge in [-0.1, -0.05) is 60.7 Å². The molecule has 0 aliphatic rings. The summed E-state index contributed by atoms with van der Waals surface area (Å²) >= 11 is 0. The molecular weight excluding hydrogens is 424 g/mol. The molecule has 164 valence electrons. The van der Waals surface area contributed by atoms with E-state index in [2.05, 4.69) is 15.3 Å². The van der Waals surface area contributed by atoms with Crippen LogP contribution in [0, 0.1) is 0 Å². The number of carbonyl (C=O) groups excluding carboxylic acids is 1. The molecule has 0 fully saturated rings. The van der Waals surface area contributed by atoms with E-state index in [4.69, 9.17) is 0 Å². The highest BCUT2D eigenvalue weighted by molar-refractivity contribution is 7.89. The first-order valence-corrected chi connectivity index (χ1v) is 11.7. The number of imidazole rings is 1. The number of fused-ring (bicyclic) bond motifs is 1. The lowest BCUT2D eigenvalue weighted by Crippen LogP contribution is -2.39. The number of likely N-dealkylation sites (N-methyl/N-ethyl adjacent to an activating group) is 1. The van der Waals surface area contributed by atoms with Crippen LogP contribution in [0.25, 0.3) is 22.4 Å². The highest BCUT2D eigenvalue weighted by atomic mass is 32.2. The highest BCUT2D eigenvalue weighted by Gasteiger charge is 2.23. The molecule has 0 unspecified atom stereocenters. The van der Waals surface area contributed by atoms with Crippen LogP contribution in [-0.2, 0) is 21.2 Å². The van der Waals surface area contributed by atoms with Gasteiger partial charge in [0.05, 0.1) is 22.5 Å². The molecule has 0 saturated carbocycles. The molecule has 3 aromatic carbocycles. The Kier molecular flexibility index (Phi) is 6.34. The van der Waals surface area contributed by atoms with Crippen molar-refractivity contribution in [1.29, 1.82) is 0 Å². The maximum atomic E-state index is 13.0. The Morgan fingerprint density at radius 1 is 1.00 bits per heavy atom. The van der Waals surface area contributed by atoms with E-state index in [1.807, 2.05) is 60.7 Å². The smallest absolute Gasteiger partial charge is 0.243 e. The van der Waals surface area contributed by atoms with Gasteiger partial charge >= 0.3 is 0 Å². The third kappa shape index (κ3) is 4.87. The Labute approximate surface area is 187 Å². The third-order valence-corrected chi connectivity index (χ3v) is 6.95. The quantitative estimate of drug-likeness (QED) is 0.433. The molecular formula is C24H24N4O3S. The highest BCUT2D eigenvalue weighted by Crippen LogP contribution is 2.23. The third-order valence-electron chi connectivity index (χ3n) is 5.15. The van der Waals surface area contributed by atoms with Crippen LogP contribution in [0.1, 0.15) is 5.56 Å². The lowest BCUT2D eigenvalue weighted by molar-refractivity contribution is -0.121. The largest absolute Gasteiger partial charge is 0.355 e. The summed E-state index contributed by atoms with van der Waals surface area (Å²) in [6.45, 7) is 0.187. The van der Waals surface area contributed by atoms with E-state index in [-0.39, 0.29) is 17.3 Å². The number of rotatable bonds is 8. The second-order valence-electron chi connectivity index (χ2n) is 7.48. The Hall–Kier alpha value is -3.49. The fourth-order valence-corrected chi connectivity index (χ4v) is 4.55. The van der Waals surface area contributed by atoms with Gasteiger partial charge in [0, 0.05) is 19.2 Å². The minimum absolute atomic E-state index is 0.104. The van der Waals surface area contributed by atoms with Gasteiger partial charge in [-0.15, -0.1) is 0 Å². The van der Waals surface area contributed by atoms with Crippen molar-refractivity contribution in [2.24, 2.45) is 0 Å². The molecule has 0 radical (unpaired) electrons. The molecule has 7 nitrogen and oxygen atoms in total. The van der Waals surface area contributed by atoms with Crippen molar-refractivity contribution in [1.82, 2.24) is 19.6 Å². The number of amides is 1. The fourth-order valence-electron chi connectivity index (χ4n) is 3.40. The van der Waals surface area contributed by atoms with Crippen molar-refractivity contribution in [3.8, 4) is 11.4 Å². The molecule has 0 bridgehead atoms. The first-order valence-electron chi connectivity index (χ1n) is 10.3. The van der Waals surface area contributed by atoms with Gasteiger partial charge in [-0.2, -0.15) is 4.31 Å². The zero-order chi connectivity index (χ0) is 22.6. The number of sulfonamides is 1. The number of benzene rings is 3. The summed E-state index contributed by atoms with van der Waals surface area (Å²) in [5.41, 5.74) is 3.31. The van der Waals surface area contributed by atoms with E-state index in [9.17, 15) is 13.2 Å². The average Bonchev–Trinajstić information content (AvgIpc) is 3.24. The van der Waals surface area contributed by atoms with Gasteiger partial charge in [-0.3, -0.25) is 4.79 Å². The van der Waals surface area contributed by atoms with Crippen molar-refractivity contribution in [2.45, 2.75) is 11.3 Å². The lowest BCUT2D eigenvalue weighted by atomic mass is 10.1. The van der Waals surface area contributed by atoms with Crippen molar-refractivity contribution in [2.75, 3.05) is 20.1 Å². The predicted molar refractivity (Wildman–Crippen MR) is 125 cm³/mol. The number of hydrogen-bond acceptors (Lipinski definition) is 4. The molecule has 32 heavy (non-hydrogen) atoms. The summed E-state index contributed by atoms with van der Waals surface area (Å²) in [6, 6.07) is 24.1. The molecule has 0 saturated heterocycles.